The highest BCUT2D eigenvalue weighted by Crippen LogP contribution is 2.11. The lowest BCUT2D eigenvalue weighted by molar-refractivity contribution is 0.557. The average molecular weight is 250 g/mol. The van der Waals surface area contributed by atoms with Crippen molar-refractivity contribution in [1.29, 1.82) is 0 Å². The zero-order valence-electron chi connectivity index (χ0n) is 12.1. The summed E-state index contributed by atoms with van der Waals surface area (Å²) in [5.41, 5.74) is 1.00. The van der Waals surface area contributed by atoms with Gasteiger partial charge in [-0.05, 0) is 18.9 Å². The molecule has 0 saturated carbocycles. The monoisotopic (exact) mass is 250 g/mol. The summed E-state index contributed by atoms with van der Waals surface area (Å²) in [7, 11) is 2.07. The van der Waals surface area contributed by atoms with Gasteiger partial charge in [-0.15, -0.1) is 0 Å². The number of aromatic nitrogens is 2. The van der Waals surface area contributed by atoms with Gasteiger partial charge in [-0.2, -0.15) is 0 Å². The summed E-state index contributed by atoms with van der Waals surface area (Å²) in [6.07, 6.45) is 6.07. The van der Waals surface area contributed by atoms with Gasteiger partial charge >= 0.3 is 0 Å². The fourth-order valence-corrected chi connectivity index (χ4v) is 1.72. The third-order valence-corrected chi connectivity index (χ3v) is 3.10. The van der Waals surface area contributed by atoms with Crippen molar-refractivity contribution in [3.63, 3.8) is 0 Å². The normalized spacial score (nSPS) is 12.4. The molecule has 0 aliphatic heterocycles. The van der Waals surface area contributed by atoms with Crippen molar-refractivity contribution in [3.05, 3.63) is 18.1 Å². The number of nitrogens with zero attached hydrogens (tertiary/aromatic N) is 3. The van der Waals surface area contributed by atoms with E-state index < -0.39 is 0 Å². The smallest absolute Gasteiger partial charge is 0.146 e. The third kappa shape index (κ3) is 5.00. The molecule has 102 valence electrons. The third-order valence-electron chi connectivity index (χ3n) is 3.10. The minimum Gasteiger partial charge on any atom is -0.358 e. The molecule has 1 atom stereocenters. The van der Waals surface area contributed by atoms with E-state index in [0.29, 0.717) is 5.92 Å². The molecule has 0 spiro atoms. The zero-order chi connectivity index (χ0) is 13.4. The minimum atomic E-state index is 0.683. The molecule has 4 nitrogen and oxygen atoms in total. The van der Waals surface area contributed by atoms with Crippen molar-refractivity contribution in [1.82, 2.24) is 15.3 Å². The molecular weight excluding hydrogens is 224 g/mol. The Kier molecular flexibility index (Phi) is 6.65. The van der Waals surface area contributed by atoms with E-state index in [4.69, 9.17) is 0 Å². The summed E-state index contributed by atoms with van der Waals surface area (Å²) in [4.78, 5) is 11.1. The van der Waals surface area contributed by atoms with E-state index in [1.165, 1.54) is 6.42 Å². The number of anilines is 1. The van der Waals surface area contributed by atoms with Gasteiger partial charge in [-0.3, -0.25) is 4.98 Å². The van der Waals surface area contributed by atoms with Crippen molar-refractivity contribution in [2.24, 2.45) is 5.92 Å². The van der Waals surface area contributed by atoms with Gasteiger partial charge in [0.1, 0.15) is 5.82 Å². The van der Waals surface area contributed by atoms with Crippen LogP contribution in [0.2, 0.25) is 0 Å². The Labute approximate surface area is 111 Å². The van der Waals surface area contributed by atoms with Crippen LogP contribution in [0.4, 0.5) is 5.82 Å². The van der Waals surface area contributed by atoms with Gasteiger partial charge in [0.05, 0.1) is 18.1 Å². The Morgan fingerprint density at radius 2 is 2.06 bits per heavy atom. The molecule has 1 unspecified atom stereocenters. The van der Waals surface area contributed by atoms with Crippen LogP contribution in [0.25, 0.3) is 0 Å². The maximum atomic E-state index is 4.47. The topological polar surface area (TPSA) is 41.1 Å². The Morgan fingerprint density at radius 1 is 1.28 bits per heavy atom. The van der Waals surface area contributed by atoms with Gasteiger partial charge in [0.2, 0.25) is 0 Å². The van der Waals surface area contributed by atoms with E-state index in [9.17, 15) is 0 Å². The zero-order valence-corrected chi connectivity index (χ0v) is 12.1. The molecule has 0 amide bonds. The molecule has 0 fully saturated rings. The van der Waals surface area contributed by atoms with Crippen LogP contribution in [-0.4, -0.2) is 30.1 Å². The number of hydrogen-bond donors (Lipinski definition) is 1. The summed E-state index contributed by atoms with van der Waals surface area (Å²) < 4.78 is 0. The fourth-order valence-electron chi connectivity index (χ4n) is 1.72. The van der Waals surface area contributed by atoms with Gasteiger partial charge in [-0.1, -0.05) is 27.2 Å². The van der Waals surface area contributed by atoms with Crippen LogP contribution >= 0.6 is 0 Å². The van der Waals surface area contributed by atoms with Crippen molar-refractivity contribution in [2.75, 3.05) is 25.0 Å². The van der Waals surface area contributed by atoms with Crippen LogP contribution in [0.15, 0.2) is 12.4 Å². The molecule has 18 heavy (non-hydrogen) atoms. The molecule has 1 aromatic rings. The minimum absolute atomic E-state index is 0.683. The summed E-state index contributed by atoms with van der Waals surface area (Å²) in [6, 6.07) is 0. The maximum Gasteiger partial charge on any atom is 0.146 e. The molecule has 0 saturated heterocycles. The van der Waals surface area contributed by atoms with Crippen LogP contribution in [0.1, 0.15) is 39.3 Å². The average Bonchev–Trinajstić information content (AvgIpc) is 2.39. The van der Waals surface area contributed by atoms with E-state index in [2.05, 4.69) is 48.0 Å². The molecule has 0 aliphatic carbocycles. The number of hydrogen-bond acceptors (Lipinski definition) is 4. The van der Waals surface area contributed by atoms with E-state index in [-0.39, 0.29) is 0 Å². The van der Waals surface area contributed by atoms with Crippen LogP contribution in [0, 0.1) is 5.92 Å². The van der Waals surface area contributed by atoms with Gasteiger partial charge in [0.25, 0.3) is 0 Å². The maximum absolute atomic E-state index is 4.47. The Hall–Kier alpha value is -1.16. The largest absolute Gasteiger partial charge is 0.358 e. The SMILES string of the molecule is CCCNCc1cnc(N(C)CC(C)CC)cn1. The highest BCUT2D eigenvalue weighted by Gasteiger charge is 2.07. The Morgan fingerprint density at radius 3 is 2.61 bits per heavy atom. The van der Waals surface area contributed by atoms with Gasteiger partial charge in [0.15, 0.2) is 0 Å². The van der Waals surface area contributed by atoms with Crippen molar-refractivity contribution < 1.29 is 0 Å². The molecule has 1 heterocycles. The predicted octanol–water partition coefficient (Wildman–Crippen LogP) is 2.46. The van der Waals surface area contributed by atoms with Crippen LogP contribution < -0.4 is 10.2 Å². The molecular formula is C14H26N4. The second-order valence-corrected chi connectivity index (χ2v) is 4.94. The lowest BCUT2D eigenvalue weighted by atomic mass is 10.1. The molecule has 1 aromatic heterocycles. The first-order valence-corrected chi connectivity index (χ1v) is 6.90. The summed E-state index contributed by atoms with van der Waals surface area (Å²) >= 11 is 0. The number of nitrogens with one attached hydrogen (secondary N) is 1. The van der Waals surface area contributed by atoms with Crippen LogP contribution in [-0.2, 0) is 6.54 Å². The molecule has 1 rings (SSSR count). The first-order valence-electron chi connectivity index (χ1n) is 6.90. The predicted molar refractivity (Wildman–Crippen MR) is 76.8 cm³/mol. The van der Waals surface area contributed by atoms with Crippen LogP contribution in [0.5, 0.6) is 0 Å². The van der Waals surface area contributed by atoms with E-state index in [1.807, 2.05) is 12.4 Å². The summed E-state index contributed by atoms with van der Waals surface area (Å²) in [5, 5.41) is 3.33. The van der Waals surface area contributed by atoms with E-state index in [1.54, 1.807) is 0 Å². The Balaban J connectivity index is 2.48. The molecule has 0 aliphatic rings. The van der Waals surface area contributed by atoms with Crippen molar-refractivity contribution in [3.8, 4) is 0 Å². The lowest BCUT2D eigenvalue weighted by Crippen LogP contribution is -2.25. The van der Waals surface area contributed by atoms with Gasteiger partial charge in [-0.25, -0.2) is 4.98 Å². The standard InChI is InChI=1S/C14H26N4/c1-5-7-15-8-13-9-17-14(10-16-13)18(4)11-12(3)6-2/h9-10,12,15H,5-8,11H2,1-4H3. The van der Waals surface area contributed by atoms with Crippen LogP contribution in [0.3, 0.4) is 0 Å². The Bertz CT molecular complexity index is 323. The second-order valence-electron chi connectivity index (χ2n) is 4.94. The lowest BCUT2D eigenvalue weighted by Gasteiger charge is -2.21. The second kappa shape index (κ2) is 8.03. The molecule has 0 bridgehead atoms. The molecule has 4 heteroatoms. The number of rotatable bonds is 8. The first kappa shape index (κ1) is 14.9. The van der Waals surface area contributed by atoms with Gasteiger partial charge in [0, 0.05) is 20.1 Å². The van der Waals surface area contributed by atoms with E-state index >= 15 is 0 Å². The summed E-state index contributed by atoms with van der Waals surface area (Å²) in [6.45, 7) is 9.48. The molecule has 1 N–H and O–H groups in total. The summed E-state index contributed by atoms with van der Waals surface area (Å²) in [5.74, 6) is 1.64. The first-order chi connectivity index (χ1) is 8.67. The fraction of sp³-hybridized carbons (Fsp3) is 0.714. The highest BCUT2D eigenvalue weighted by atomic mass is 15.2. The van der Waals surface area contributed by atoms with Gasteiger partial charge < -0.3 is 10.2 Å². The quantitative estimate of drug-likeness (QED) is 0.720. The van der Waals surface area contributed by atoms with E-state index in [0.717, 1.165) is 37.6 Å². The molecule has 0 aromatic carbocycles. The van der Waals surface area contributed by atoms with Crippen molar-refractivity contribution >= 4 is 5.82 Å². The highest BCUT2D eigenvalue weighted by molar-refractivity contribution is 5.34. The van der Waals surface area contributed by atoms with Crippen molar-refractivity contribution in [2.45, 2.75) is 40.2 Å². The molecule has 0 radical (unpaired) electrons.